The molecule has 0 amide bonds. The maximum atomic E-state index is 12.3. The molecule has 0 spiro atoms. The molecule has 1 aromatic rings. The zero-order valence-corrected chi connectivity index (χ0v) is 20.2. The summed E-state index contributed by atoms with van der Waals surface area (Å²) in [5, 5.41) is 8.58. The van der Waals surface area contributed by atoms with E-state index in [-0.39, 0.29) is 11.8 Å². The lowest BCUT2D eigenvalue weighted by atomic mass is 9.97. The van der Waals surface area contributed by atoms with Crippen molar-refractivity contribution in [2.24, 2.45) is 10.9 Å². The molecule has 1 aliphatic rings. The van der Waals surface area contributed by atoms with E-state index in [1.165, 1.54) is 17.7 Å². The second-order valence-corrected chi connectivity index (χ2v) is 12.7. The number of guanidine groups is 1. The monoisotopic (exact) mass is 442 g/mol. The van der Waals surface area contributed by atoms with Crippen LogP contribution in [-0.4, -0.2) is 62.5 Å². The molecule has 166 valence electrons. The number of rotatable bonds is 8. The molecule has 2 rings (SSSR count). The molecule has 0 bridgehead atoms. The Morgan fingerprint density at radius 2 is 2.00 bits per heavy atom. The number of piperidine rings is 1. The number of aliphatic imine (C=N–C) groups is 1. The van der Waals surface area contributed by atoms with Gasteiger partial charge in [0.05, 0.1) is 23.1 Å². The molecule has 0 aromatic carbocycles. The largest absolute Gasteiger partial charge is 0.357 e. The van der Waals surface area contributed by atoms with Crippen LogP contribution in [0.5, 0.6) is 0 Å². The van der Waals surface area contributed by atoms with Crippen molar-refractivity contribution in [3.8, 4) is 0 Å². The first kappa shape index (κ1) is 24.2. The number of likely N-dealkylation sites (tertiary alicyclic amines) is 1. The van der Waals surface area contributed by atoms with E-state index >= 15 is 0 Å². The highest BCUT2D eigenvalue weighted by Crippen LogP contribution is 2.29. The minimum Gasteiger partial charge on any atom is -0.357 e. The summed E-state index contributed by atoms with van der Waals surface area (Å²) in [6.07, 6.45) is 2.46. The molecule has 1 aliphatic heterocycles. The van der Waals surface area contributed by atoms with E-state index in [4.69, 9.17) is 4.99 Å². The highest BCUT2D eigenvalue weighted by molar-refractivity contribution is 7.92. The van der Waals surface area contributed by atoms with Gasteiger partial charge in [-0.05, 0) is 71.0 Å². The van der Waals surface area contributed by atoms with Gasteiger partial charge < -0.3 is 10.6 Å². The predicted molar refractivity (Wildman–Crippen MR) is 125 cm³/mol. The lowest BCUT2D eigenvalue weighted by molar-refractivity contribution is 0.143. The van der Waals surface area contributed by atoms with E-state index in [9.17, 15) is 8.42 Å². The third kappa shape index (κ3) is 7.26. The fraction of sp³-hybridized carbons (Fsp3) is 0.762. The van der Waals surface area contributed by atoms with Crippen molar-refractivity contribution in [2.75, 3.05) is 38.5 Å². The van der Waals surface area contributed by atoms with Gasteiger partial charge in [0.15, 0.2) is 15.8 Å². The molecule has 1 saturated heterocycles. The first-order valence-electron chi connectivity index (χ1n) is 10.7. The summed E-state index contributed by atoms with van der Waals surface area (Å²) in [4.78, 5) is 8.70. The smallest absolute Gasteiger partial charge is 0.191 e. The molecule has 6 nitrogen and oxygen atoms in total. The number of nitrogens with zero attached hydrogens (tertiary/aromatic N) is 2. The first-order valence-corrected chi connectivity index (χ1v) is 13.2. The van der Waals surface area contributed by atoms with Crippen LogP contribution in [0.2, 0.25) is 0 Å². The first-order chi connectivity index (χ1) is 13.6. The topological polar surface area (TPSA) is 73.8 Å². The van der Waals surface area contributed by atoms with Crippen LogP contribution >= 0.6 is 11.3 Å². The lowest BCUT2D eigenvalue weighted by Crippen LogP contribution is -2.42. The Labute approximate surface area is 181 Å². The molecule has 1 aromatic heterocycles. The van der Waals surface area contributed by atoms with Gasteiger partial charge in [0.1, 0.15) is 0 Å². The molecule has 1 unspecified atom stereocenters. The molecule has 8 heteroatoms. The number of sulfone groups is 1. The van der Waals surface area contributed by atoms with Crippen LogP contribution in [0.1, 0.15) is 58.4 Å². The fourth-order valence-corrected chi connectivity index (χ4v) is 5.17. The summed E-state index contributed by atoms with van der Waals surface area (Å²) >= 11 is 1.78. The number of thiophene rings is 1. The molecule has 2 heterocycles. The summed E-state index contributed by atoms with van der Waals surface area (Å²) < 4.78 is 23.9. The third-order valence-corrected chi connectivity index (χ3v) is 9.07. The van der Waals surface area contributed by atoms with Crippen molar-refractivity contribution in [3.05, 3.63) is 22.4 Å². The Balaban J connectivity index is 2.03. The molecule has 0 saturated carbocycles. The average molecular weight is 443 g/mol. The second kappa shape index (κ2) is 10.8. The normalized spacial score (nSPS) is 18.6. The SMILES string of the molecule is CCNC(=NCC(c1cccs1)N1CCC(C)CC1)NCCS(=O)(=O)C(C)(C)C. The van der Waals surface area contributed by atoms with Crippen LogP contribution in [0, 0.1) is 5.92 Å². The second-order valence-electron chi connectivity index (χ2n) is 8.83. The molecule has 0 radical (unpaired) electrons. The van der Waals surface area contributed by atoms with Crippen LogP contribution in [0.15, 0.2) is 22.5 Å². The van der Waals surface area contributed by atoms with E-state index < -0.39 is 14.6 Å². The van der Waals surface area contributed by atoms with Crippen molar-refractivity contribution >= 4 is 27.1 Å². The van der Waals surface area contributed by atoms with Crippen molar-refractivity contribution in [1.29, 1.82) is 0 Å². The van der Waals surface area contributed by atoms with Gasteiger partial charge in [0, 0.05) is 18.0 Å². The van der Waals surface area contributed by atoms with Crippen LogP contribution < -0.4 is 10.6 Å². The average Bonchev–Trinajstić information content (AvgIpc) is 3.16. The fourth-order valence-electron chi connectivity index (χ4n) is 3.34. The molecule has 2 N–H and O–H groups in total. The molecule has 0 aliphatic carbocycles. The Kier molecular flexibility index (Phi) is 8.97. The molecule has 1 atom stereocenters. The van der Waals surface area contributed by atoms with Crippen LogP contribution in [0.25, 0.3) is 0 Å². The van der Waals surface area contributed by atoms with Gasteiger partial charge in [-0.3, -0.25) is 9.89 Å². The van der Waals surface area contributed by atoms with Crippen LogP contribution in [-0.2, 0) is 9.84 Å². The lowest BCUT2D eigenvalue weighted by Gasteiger charge is -2.35. The van der Waals surface area contributed by atoms with Gasteiger partial charge in [0.25, 0.3) is 0 Å². The summed E-state index contributed by atoms with van der Waals surface area (Å²) in [5.41, 5.74) is 0. The van der Waals surface area contributed by atoms with E-state index in [0.29, 0.717) is 19.0 Å². The van der Waals surface area contributed by atoms with E-state index in [1.807, 2.05) is 6.92 Å². The Hall–Kier alpha value is -1.12. The molecular weight excluding hydrogens is 404 g/mol. The van der Waals surface area contributed by atoms with Gasteiger partial charge in [-0.15, -0.1) is 11.3 Å². The quantitative estimate of drug-likeness (QED) is 0.477. The summed E-state index contributed by atoms with van der Waals surface area (Å²) in [7, 11) is -3.15. The van der Waals surface area contributed by atoms with Crippen molar-refractivity contribution in [3.63, 3.8) is 0 Å². The molecular formula is C21H38N4O2S2. The van der Waals surface area contributed by atoms with Gasteiger partial charge in [-0.2, -0.15) is 0 Å². The van der Waals surface area contributed by atoms with Gasteiger partial charge in [-0.25, -0.2) is 8.42 Å². The highest BCUT2D eigenvalue weighted by Gasteiger charge is 2.28. The third-order valence-electron chi connectivity index (χ3n) is 5.49. The van der Waals surface area contributed by atoms with Crippen LogP contribution in [0.3, 0.4) is 0 Å². The standard InChI is InChI=1S/C21H38N4O2S2/c1-6-22-20(23-11-15-29(26,27)21(3,4)5)24-16-18(19-8-7-14-28-19)25-12-9-17(2)10-13-25/h7-8,14,17-18H,6,9-13,15-16H2,1-5H3,(H2,22,23,24). The van der Waals surface area contributed by atoms with E-state index in [2.05, 4.69) is 40.0 Å². The minimum atomic E-state index is -3.15. The Morgan fingerprint density at radius 1 is 1.31 bits per heavy atom. The Morgan fingerprint density at radius 3 is 2.55 bits per heavy atom. The summed E-state index contributed by atoms with van der Waals surface area (Å²) in [6.45, 7) is 13.5. The van der Waals surface area contributed by atoms with E-state index in [0.717, 1.165) is 25.6 Å². The number of nitrogens with one attached hydrogen (secondary N) is 2. The van der Waals surface area contributed by atoms with Crippen molar-refractivity contribution in [1.82, 2.24) is 15.5 Å². The zero-order chi connectivity index (χ0) is 21.5. The molecule has 29 heavy (non-hydrogen) atoms. The summed E-state index contributed by atoms with van der Waals surface area (Å²) in [5.74, 6) is 1.57. The Bertz CT molecular complexity index is 731. The van der Waals surface area contributed by atoms with Gasteiger partial charge in [-0.1, -0.05) is 13.0 Å². The molecule has 1 fully saturated rings. The zero-order valence-electron chi connectivity index (χ0n) is 18.6. The van der Waals surface area contributed by atoms with E-state index in [1.54, 1.807) is 32.1 Å². The minimum absolute atomic E-state index is 0.0965. The summed E-state index contributed by atoms with van der Waals surface area (Å²) in [6, 6.07) is 4.57. The van der Waals surface area contributed by atoms with Gasteiger partial charge in [0.2, 0.25) is 0 Å². The van der Waals surface area contributed by atoms with Crippen molar-refractivity contribution < 1.29 is 8.42 Å². The highest BCUT2D eigenvalue weighted by atomic mass is 32.2. The maximum absolute atomic E-state index is 12.3. The van der Waals surface area contributed by atoms with Crippen LogP contribution in [0.4, 0.5) is 0 Å². The number of hydrogen-bond donors (Lipinski definition) is 2. The maximum Gasteiger partial charge on any atom is 0.191 e. The van der Waals surface area contributed by atoms with Crippen molar-refractivity contribution in [2.45, 2.75) is 58.2 Å². The predicted octanol–water partition coefficient (Wildman–Crippen LogP) is 3.29. The number of hydrogen-bond acceptors (Lipinski definition) is 5. The van der Waals surface area contributed by atoms with Gasteiger partial charge >= 0.3 is 0 Å².